The lowest BCUT2D eigenvalue weighted by Gasteiger charge is -2.21. The summed E-state index contributed by atoms with van der Waals surface area (Å²) in [5, 5.41) is 0. The van der Waals surface area contributed by atoms with Gasteiger partial charge in [0.2, 0.25) is 0 Å². The number of rotatable bonds is 5. The molecule has 0 saturated heterocycles. The number of nitrogens with two attached hydrogens (primary N) is 1. The molecule has 2 rings (SSSR count). The SMILES string of the molecule is C=CCN(Cc1ccc(Cl)s1)C(=O)c1cc(C)ccc1N. The van der Waals surface area contributed by atoms with Gasteiger partial charge >= 0.3 is 0 Å². The zero-order valence-electron chi connectivity index (χ0n) is 11.8. The smallest absolute Gasteiger partial charge is 0.256 e. The molecule has 0 atom stereocenters. The fourth-order valence-corrected chi connectivity index (χ4v) is 3.13. The van der Waals surface area contributed by atoms with E-state index in [1.807, 2.05) is 31.2 Å². The van der Waals surface area contributed by atoms with Gasteiger partial charge in [-0.1, -0.05) is 29.3 Å². The number of aryl methyl sites for hydroxylation is 1. The van der Waals surface area contributed by atoms with E-state index in [0.29, 0.717) is 28.7 Å². The Morgan fingerprint density at radius 2 is 2.19 bits per heavy atom. The third-order valence-corrected chi connectivity index (χ3v) is 4.27. The number of carbonyl (C=O) groups excluding carboxylic acids is 1. The van der Waals surface area contributed by atoms with E-state index < -0.39 is 0 Å². The molecule has 1 aromatic carbocycles. The summed E-state index contributed by atoms with van der Waals surface area (Å²) in [6, 6.07) is 9.23. The van der Waals surface area contributed by atoms with Crippen molar-refractivity contribution in [2.24, 2.45) is 0 Å². The van der Waals surface area contributed by atoms with Crippen molar-refractivity contribution in [1.82, 2.24) is 4.90 Å². The van der Waals surface area contributed by atoms with Crippen LogP contribution in [0.25, 0.3) is 0 Å². The van der Waals surface area contributed by atoms with Crippen molar-refractivity contribution in [3.8, 4) is 0 Å². The summed E-state index contributed by atoms with van der Waals surface area (Å²) in [7, 11) is 0. The molecule has 2 aromatic rings. The monoisotopic (exact) mass is 320 g/mol. The summed E-state index contributed by atoms with van der Waals surface area (Å²) >= 11 is 7.41. The number of amides is 1. The molecule has 21 heavy (non-hydrogen) atoms. The Hall–Kier alpha value is -1.78. The lowest BCUT2D eigenvalue weighted by molar-refractivity contribution is 0.0765. The maximum absolute atomic E-state index is 12.7. The fraction of sp³-hybridized carbons (Fsp3) is 0.188. The molecule has 0 spiro atoms. The number of anilines is 1. The molecule has 0 bridgehead atoms. The van der Waals surface area contributed by atoms with E-state index in [4.69, 9.17) is 17.3 Å². The molecule has 110 valence electrons. The minimum absolute atomic E-state index is 0.0966. The molecule has 1 amide bonds. The molecule has 1 aromatic heterocycles. The van der Waals surface area contributed by atoms with Crippen LogP contribution in [0.2, 0.25) is 4.34 Å². The van der Waals surface area contributed by atoms with Gasteiger partial charge in [-0.3, -0.25) is 4.79 Å². The molecule has 5 heteroatoms. The summed E-state index contributed by atoms with van der Waals surface area (Å²) in [6.45, 7) is 6.61. The Balaban J connectivity index is 2.26. The predicted molar refractivity (Wildman–Crippen MR) is 89.9 cm³/mol. The first-order valence-electron chi connectivity index (χ1n) is 6.51. The highest BCUT2D eigenvalue weighted by atomic mass is 35.5. The lowest BCUT2D eigenvalue weighted by atomic mass is 10.1. The Kier molecular flexibility index (Phi) is 5.04. The molecule has 0 radical (unpaired) electrons. The number of benzene rings is 1. The van der Waals surface area contributed by atoms with Crippen LogP contribution in [0.5, 0.6) is 0 Å². The van der Waals surface area contributed by atoms with Crippen LogP contribution in [0.3, 0.4) is 0 Å². The number of halogens is 1. The second-order valence-corrected chi connectivity index (χ2v) is 6.57. The number of hydrogen-bond acceptors (Lipinski definition) is 3. The lowest BCUT2D eigenvalue weighted by Crippen LogP contribution is -2.31. The van der Waals surface area contributed by atoms with Gasteiger partial charge in [-0.05, 0) is 31.2 Å². The van der Waals surface area contributed by atoms with Gasteiger partial charge in [0.05, 0.1) is 16.4 Å². The molecule has 0 fully saturated rings. The van der Waals surface area contributed by atoms with E-state index in [-0.39, 0.29) is 5.91 Å². The first kappa shape index (κ1) is 15.6. The van der Waals surface area contributed by atoms with Crippen LogP contribution in [0, 0.1) is 6.92 Å². The van der Waals surface area contributed by atoms with Crippen LogP contribution in [0.4, 0.5) is 5.69 Å². The maximum Gasteiger partial charge on any atom is 0.256 e. The zero-order chi connectivity index (χ0) is 15.4. The average Bonchev–Trinajstić information content (AvgIpc) is 2.86. The number of hydrogen-bond donors (Lipinski definition) is 1. The van der Waals surface area contributed by atoms with Gasteiger partial charge in [0, 0.05) is 17.1 Å². The molecular formula is C16H17ClN2OS. The van der Waals surface area contributed by atoms with E-state index in [2.05, 4.69) is 6.58 Å². The van der Waals surface area contributed by atoms with E-state index in [1.165, 1.54) is 11.3 Å². The molecule has 0 unspecified atom stereocenters. The highest BCUT2D eigenvalue weighted by molar-refractivity contribution is 7.16. The minimum atomic E-state index is -0.0966. The maximum atomic E-state index is 12.7. The topological polar surface area (TPSA) is 46.3 Å². The van der Waals surface area contributed by atoms with Gasteiger partial charge < -0.3 is 10.6 Å². The molecule has 3 nitrogen and oxygen atoms in total. The van der Waals surface area contributed by atoms with Crippen LogP contribution in [0.15, 0.2) is 43.0 Å². The second kappa shape index (κ2) is 6.78. The van der Waals surface area contributed by atoms with Gasteiger partial charge in [-0.25, -0.2) is 0 Å². The Bertz CT molecular complexity index is 666. The van der Waals surface area contributed by atoms with Gasteiger partial charge in [-0.2, -0.15) is 0 Å². The zero-order valence-corrected chi connectivity index (χ0v) is 13.4. The van der Waals surface area contributed by atoms with Gasteiger partial charge in [0.1, 0.15) is 0 Å². The van der Waals surface area contributed by atoms with Crippen molar-refractivity contribution < 1.29 is 4.79 Å². The van der Waals surface area contributed by atoms with Crippen molar-refractivity contribution in [1.29, 1.82) is 0 Å². The molecule has 2 N–H and O–H groups in total. The highest BCUT2D eigenvalue weighted by Crippen LogP contribution is 2.24. The molecule has 0 aliphatic carbocycles. The van der Waals surface area contributed by atoms with Crippen LogP contribution in [-0.2, 0) is 6.54 Å². The highest BCUT2D eigenvalue weighted by Gasteiger charge is 2.18. The summed E-state index contributed by atoms with van der Waals surface area (Å²) in [5.74, 6) is -0.0966. The molecule has 1 heterocycles. The van der Waals surface area contributed by atoms with Crippen LogP contribution in [-0.4, -0.2) is 17.4 Å². The van der Waals surface area contributed by atoms with Gasteiger partial charge in [-0.15, -0.1) is 17.9 Å². The van der Waals surface area contributed by atoms with Crippen LogP contribution >= 0.6 is 22.9 Å². The van der Waals surface area contributed by atoms with Crippen molar-refractivity contribution in [2.75, 3.05) is 12.3 Å². The molecule has 0 aliphatic heterocycles. The Morgan fingerprint density at radius 3 is 2.81 bits per heavy atom. The van der Waals surface area contributed by atoms with Crippen molar-refractivity contribution in [2.45, 2.75) is 13.5 Å². The van der Waals surface area contributed by atoms with E-state index in [9.17, 15) is 4.79 Å². The molecule has 0 saturated carbocycles. The summed E-state index contributed by atoms with van der Waals surface area (Å²) < 4.78 is 0.714. The number of nitrogen functional groups attached to an aromatic ring is 1. The first-order valence-corrected chi connectivity index (χ1v) is 7.71. The van der Waals surface area contributed by atoms with Crippen molar-refractivity contribution in [3.05, 3.63) is 63.3 Å². The van der Waals surface area contributed by atoms with E-state index >= 15 is 0 Å². The second-order valence-electron chi connectivity index (χ2n) is 4.77. The molecular weight excluding hydrogens is 304 g/mol. The van der Waals surface area contributed by atoms with E-state index in [1.54, 1.807) is 17.0 Å². The average molecular weight is 321 g/mol. The van der Waals surface area contributed by atoms with Gasteiger partial charge in [0.25, 0.3) is 5.91 Å². The summed E-state index contributed by atoms with van der Waals surface area (Å²) in [5.41, 5.74) is 7.95. The molecule has 0 aliphatic rings. The number of nitrogens with zero attached hydrogens (tertiary/aromatic N) is 1. The van der Waals surface area contributed by atoms with Crippen LogP contribution < -0.4 is 5.73 Å². The Morgan fingerprint density at radius 1 is 1.43 bits per heavy atom. The normalized spacial score (nSPS) is 10.4. The van der Waals surface area contributed by atoms with E-state index in [0.717, 1.165) is 10.4 Å². The minimum Gasteiger partial charge on any atom is -0.398 e. The Labute approximate surface area is 133 Å². The van der Waals surface area contributed by atoms with Crippen molar-refractivity contribution >= 4 is 34.5 Å². The summed E-state index contributed by atoms with van der Waals surface area (Å²) in [6.07, 6.45) is 1.71. The quantitative estimate of drug-likeness (QED) is 0.665. The van der Waals surface area contributed by atoms with Crippen molar-refractivity contribution in [3.63, 3.8) is 0 Å². The fourth-order valence-electron chi connectivity index (χ4n) is 2.03. The van der Waals surface area contributed by atoms with Gasteiger partial charge in [0.15, 0.2) is 0 Å². The summed E-state index contributed by atoms with van der Waals surface area (Å²) in [4.78, 5) is 15.4. The first-order chi connectivity index (χ1) is 10.0. The third kappa shape index (κ3) is 3.86. The predicted octanol–water partition coefficient (Wildman–Crippen LogP) is 4.12. The van der Waals surface area contributed by atoms with Crippen LogP contribution in [0.1, 0.15) is 20.8 Å². The largest absolute Gasteiger partial charge is 0.398 e. The third-order valence-electron chi connectivity index (χ3n) is 3.05. The number of thiophene rings is 1. The standard InChI is InChI=1S/C16H17ClN2OS/c1-3-8-19(10-12-5-7-15(17)21-12)16(20)13-9-11(2)4-6-14(13)18/h3-7,9H,1,8,10,18H2,2H3. The number of carbonyl (C=O) groups is 1.